The van der Waals surface area contributed by atoms with Crippen LogP contribution in [-0.2, 0) is 6.54 Å². The van der Waals surface area contributed by atoms with Crippen molar-refractivity contribution in [1.29, 1.82) is 0 Å². The van der Waals surface area contributed by atoms with Crippen molar-refractivity contribution in [2.45, 2.75) is 31.5 Å². The Kier molecular flexibility index (Phi) is 5.50. The zero-order valence-electron chi connectivity index (χ0n) is 16.2. The molecule has 0 spiro atoms. The number of hydrogen-bond donors (Lipinski definition) is 2. The fourth-order valence-corrected chi connectivity index (χ4v) is 4.11. The van der Waals surface area contributed by atoms with E-state index in [1.165, 1.54) is 5.56 Å². The molecule has 2 aliphatic heterocycles. The molecule has 0 bridgehead atoms. The molecule has 2 heterocycles. The molecule has 6 nitrogen and oxygen atoms in total. The number of likely N-dealkylation sites (tertiary alicyclic amines) is 1. The fourth-order valence-electron chi connectivity index (χ4n) is 4.11. The maximum Gasteiger partial charge on any atom is 0.322 e. The monoisotopic (exact) mass is 381 g/mol. The number of rotatable bonds is 5. The zero-order valence-corrected chi connectivity index (χ0v) is 16.2. The molecule has 4 rings (SSSR count). The molecule has 2 aromatic carbocycles. The van der Waals surface area contributed by atoms with E-state index in [4.69, 9.17) is 4.74 Å². The molecular formula is C22H27N3O3. The number of carbonyl (C=O) groups is 1. The van der Waals surface area contributed by atoms with Gasteiger partial charge in [0.1, 0.15) is 5.75 Å². The molecule has 1 saturated heterocycles. The number of methoxy groups -OCH3 is 1. The highest BCUT2D eigenvalue weighted by Crippen LogP contribution is 2.28. The van der Waals surface area contributed by atoms with Gasteiger partial charge in [0, 0.05) is 37.9 Å². The van der Waals surface area contributed by atoms with Crippen molar-refractivity contribution in [3.63, 3.8) is 0 Å². The summed E-state index contributed by atoms with van der Waals surface area (Å²) in [4.78, 5) is 16.7. The van der Waals surface area contributed by atoms with E-state index >= 15 is 0 Å². The number of anilines is 1. The van der Waals surface area contributed by atoms with Gasteiger partial charge in [0.2, 0.25) is 0 Å². The van der Waals surface area contributed by atoms with Crippen molar-refractivity contribution in [3.05, 3.63) is 59.7 Å². The molecule has 2 aromatic rings. The van der Waals surface area contributed by atoms with Gasteiger partial charge in [-0.15, -0.1) is 0 Å². The smallest absolute Gasteiger partial charge is 0.322 e. The fraction of sp³-hybridized carbons (Fsp3) is 0.409. The van der Waals surface area contributed by atoms with Crippen LogP contribution in [0.15, 0.2) is 48.5 Å². The van der Waals surface area contributed by atoms with Crippen LogP contribution in [0.4, 0.5) is 10.5 Å². The van der Waals surface area contributed by atoms with Crippen LogP contribution in [0.5, 0.6) is 5.75 Å². The lowest BCUT2D eigenvalue weighted by Gasteiger charge is -2.41. The molecule has 2 aliphatic rings. The number of carbonyl (C=O) groups excluding carboxylic acids is 1. The Hall–Kier alpha value is -2.57. The minimum Gasteiger partial charge on any atom is -0.497 e. The average molecular weight is 381 g/mol. The number of fused-ring (bicyclic) bond motifs is 1. The first-order valence-corrected chi connectivity index (χ1v) is 9.84. The second kappa shape index (κ2) is 8.20. The molecule has 0 unspecified atom stereocenters. The summed E-state index contributed by atoms with van der Waals surface area (Å²) in [6.45, 7) is 3.03. The summed E-state index contributed by atoms with van der Waals surface area (Å²) < 4.78 is 5.17. The van der Waals surface area contributed by atoms with Crippen molar-refractivity contribution >= 4 is 11.7 Å². The summed E-state index contributed by atoms with van der Waals surface area (Å²) in [7, 11) is 1.64. The third-order valence-electron chi connectivity index (χ3n) is 5.79. The summed E-state index contributed by atoms with van der Waals surface area (Å²) >= 11 is 0. The number of piperidine rings is 1. The predicted molar refractivity (Wildman–Crippen MR) is 108 cm³/mol. The number of para-hydroxylation sites is 1. The predicted octanol–water partition coefficient (Wildman–Crippen LogP) is 3.24. The first kappa shape index (κ1) is 18.8. The summed E-state index contributed by atoms with van der Waals surface area (Å²) in [5.41, 5.74) is 2.98. The molecule has 0 radical (unpaired) electrons. The largest absolute Gasteiger partial charge is 0.497 e. The zero-order chi connectivity index (χ0) is 19.5. The topological polar surface area (TPSA) is 65.0 Å². The Bertz CT molecular complexity index is 816. The molecule has 28 heavy (non-hydrogen) atoms. The first-order chi connectivity index (χ1) is 13.6. The van der Waals surface area contributed by atoms with Crippen molar-refractivity contribution in [2.24, 2.45) is 0 Å². The molecule has 0 aromatic heterocycles. The summed E-state index contributed by atoms with van der Waals surface area (Å²) in [6, 6.07) is 15.8. The Morgan fingerprint density at radius 2 is 1.86 bits per heavy atom. The quantitative estimate of drug-likeness (QED) is 0.835. The van der Waals surface area contributed by atoms with Crippen LogP contribution >= 0.6 is 0 Å². The normalized spacial score (nSPS) is 19.1. The standard InChI is InChI=1S/C22H27N3O3/c1-28-19-8-6-16(7-9-19)21(26)15-24-12-10-18(11-13-24)25-14-17-4-2-3-5-20(17)23-22(25)27/h2-9,18,21,26H,10-15H2,1H3,(H,23,27)/t21-/m1/s1. The van der Waals surface area contributed by atoms with E-state index in [9.17, 15) is 9.90 Å². The lowest BCUT2D eigenvalue weighted by molar-refractivity contribution is 0.0747. The Morgan fingerprint density at radius 3 is 2.57 bits per heavy atom. The number of aliphatic hydroxyl groups is 1. The van der Waals surface area contributed by atoms with E-state index in [1.54, 1.807) is 7.11 Å². The second-order valence-electron chi connectivity index (χ2n) is 7.54. The van der Waals surface area contributed by atoms with Crippen LogP contribution in [0.1, 0.15) is 30.1 Å². The van der Waals surface area contributed by atoms with Crippen molar-refractivity contribution in [3.8, 4) is 5.75 Å². The van der Waals surface area contributed by atoms with E-state index in [0.29, 0.717) is 13.1 Å². The highest BCUT2D eigenvalue weighted by atomic mass is 16.5. The first-order valence-electron chi connectivity index (χ1n) is 9.84. The number of nitrogens with one attached hydrogen (secondary N) is 1. The summed E-state index contributed by atoms with van der Waals surface area (Å²) in [5, 5.41) is 13.5. The van der Waals surface area contributed by atoms with Crippen molar-refractivity contribution in [1.82, 2.24) is 9.80 Å². The molecule has 2 N–H and O–H groups in total. The number of benzene rings is 2. The van der Waals surface area contributed by atoms with Crippen LogP contribution in [-0.4, -0.2) is 53.7 Å². The van der Waals surface area contributed by atoms with E-state index in [2.05, 4.69) is 16.3 Å². The lowest BCUT2D eigenvalue weighted by atomic mass is 10.00. The van der Waals surface area contributed by atoms with Crippen LogP contribution in [0.2, 0.25) is 0 Å². The summed E-state index contributed by atoms with van der Waals surface area (Å²) in [6.07, 6.45) is 1.32. The van der Waals surface area contributed by atoms with Gasteiger partial charge in [-0.25, -0.2) is 4.79 Å². The van der Waals surface area contributed by atoms with E-state index in [1.807, 2.05) is 47.4 Å². The molecule has 0 saturated carbocycles. The third kappa shape index (κ3) is 3.98. The number of nitrogens with zero attached hydrogens (tertiary/aromatic N) is 2. The van der Waals surface area contributed by atoms with Gasteiger partial charge >= 0.3 is 6.03 Å². The van der Waals surface area contributed by atoms with Crippen LogP contribution in [0.3, 0.4) is 0 Å². The third-order valence-corrected chi connectivity index (χ3v) is 5.79. The molecule has 148 valence electrons. The second-order valence-corrected chi connectivity index (χ2v) is 7.54. The minimum atomic E-state index is -0.521. The SMILES string of the molecule is COc1ccc([C@H](O)CN2CCC(N3Cc4ccccc4NC3=O)CC2)cc1. The van der Waals surface area contributed by atoms with Gasteiger partial charge in [0.15, 0.2) is 0 Å². The Morgan fingerprint density at radius 1 is 1.14 bits per heavy atom. The van der Waals surface area contributed by atoms with Gasteiger partial charge in [-0.3, -0.25) is 0 Å². The number of aliphatic hydroxyl groups excluding tert-OH is 1. The van der Waals surface area contributed by atoms with Gasteiger partial charge < -0.3 is 25.0 Å². The average Bonchev–Trinajstić information content (AvgIpc) is 2.74. The van der Waals surface area contributed by atoms with Crippen LogP contribution in [0, 0.1) is 0 Å². The van der Waals surface area contributed by atoms with Crippen LogP contribution < -0.4 is 10.1 Å². The van der Waals surface area contributed by atoms with Gasteiger partial charge in [-0.05, 0) is 42.2 Å². The van der Waals surface area contributed by atoms with Crippen molar-refractivity contribution < 1.29 is 14.6 Å². The number of β-amino-alcohol motifs (C(OH)–C–C–N with tert-alkyl or cyclic N) is 1. The Balaban J connectivity index is 1.31. The molecular weight excluding hydrogens is 354 g/mol. The number of hydrogen-bond acceptors (Lipinski definition) is 4. The highest BCUT2D eigenvalue weighted by Gasteiger charge is 2.31. The van der Waals surface area contributed by atoms with Gasteiger partial charge in [-0.2, -0.15) is 0 Å². The number of urea groups is 1. The van der Waals surface area contributed by atoms with E-state index < -0.39 is 6.10 Å². The minimum absolute atomic E-state index is 0.00424. The van der Waals surface area contributed by atoms with E-state index in [-0.39, 0.29) is 12.1 Å². The lowest BCUT2D eigenvalue weighted by Crippen LogP contribution is -2.50. The molecule has 2 amide bonds. The molecule has 1 fully saturated rings. The number of amides is 2. The maximum atomic E-state index is 12.5. The molecule has 1 atom stereocenters. The van der Waals surface area contributed by atoms with Crippen LogP contribution in [0.25, 0.3) is 0 Å². The van der Waals surface area contributed by atoms with Gasteiger partial charge in [0.05, 0.1) is 13.2 Å². The summed E-state index contributed by atoms with van der Waals surface area (Å²) in [5.74, 6) is 0.790. The molecule has 0 aliphatic carbocycles. The number of ether oxygens (including phenoxy) is 1. The maximum absolute atomic E-state index is 12.5. The Labute approximate surface area is 165 Å². The molecule has 6 heteroatoms. The van der Waals surface area contributed by atoms with Gasteiger partial charge in [0.25, 0.3) is 0 Å². The van der Waals surface area contributed by atoms with Gasteiger partial charge in [-0.1, -0.05) is 30.3 Å². The van der Waals surface area contributed by atoms with Crippen molar-refractivity contribution in [2.75, 3.05) is 32.1 Å². The van der Waals surface area contributed by atoms with E-state index in [0.717, 1.165) is 42.9 Å². The highest BCUT2D eigenvalue weighted by molar-refractivity contribution is 5.92.